The Hall–Kier alpha value is -0.850. The van der Waals surface area contributed by atoms with E-state index in [2.05, 4.69) is 38.7 Å². The number of rotatable bonds is 2. The molecule has 1 heteroatoms. The molecule has 0 amide bonds. The number of aryl methyl sites for hydroxylation is 2. The van der Waals surface area contributed by atoms with Crippen LogP contribution in [0.5, 0.6) is 0 Å². The van der Waals surface area contributed by atoms with Crippen molar-refractivity contribution in [2.24, 2.45) is 5.41 Å². The largest absolute Gasteiger partial charge is 0.264 e. The molecule has 0 aliphatic rings. The van der Waals surface area contributed by atoms with Gasteiger partial charge in [-0.25, -0.2) is 0 Å². The number of hydrogen-bond donors (Lipinski definition) is 0. The van der Waals surface area contributed by atoms with Crippen LogP contribution in [0, 0.1) is 12.3 Å². The first kappa shape index (κ1) is 10.2. The summed E-state index contributed by atoms with van der Waals surface area (Å²) in [5, 5.41) is 0. The van der Waals surface area contributed by atoms with Crippen LogP contribution in [0.4, 0.5) is 0 Å². The fourth-order valence-electron chi connectivity index (χ4n) is 1.27. The highest BCUT2D eigenvalue weighted by Crippen LogP contribution is 2.21. The molecular weight excluding hydrogens is 158 g/mol. The van der Waals surface area contributed by atoms with Crippen LogP contribution < -0.4 is 0 Å². The van der Waals surface area contributed by atoms with Crippen LogP contribution in [0.1, 0.15) is 38.3 Å². The third-order valence-electron chi connectivity index (χ3n) is 2.10. The standard InChI is InChI=1S/C12H19N/c1-10-7-11(9-13-8-10)5-6-12(2,3)4/h7-9H,5-6H2,1-4H3. The molecule has 0 radical (unpaired) electrons. The first-order valence-corrected chi connectivity index (χ1v) is 4.88. The lowest BCUT2D eigenvalue weighted by atomic mass is 9.89. The zero-order valence-corrected chi connectivity index (χ0v) is 9.09. The second-order valence-corrected chi connectivity index (χ2v) is 4.93. The Morgan fingerprint density at radius 2 is 1.92 bits per heavy atom. The second kappa shape index (κ2) is 3.91. The van der Waals surface area contributed by atoms with E-state index < -0.39 is 0 Å². The van der Waals surface area contributed by atoms with Crippen LogP contribution in [-0.2, 0) is 6.42 Å². The van der Waals surface area contributed by atoms with E-state index in [1.165, 1.54) is 17.5 Å². The van der Waals surface area contributed by atoms with Crippen molar-refractivity contribution in [1.29, 1.82) is 0 Å². The minimum Gasteiger partial charge on any atom is -0.264 e. The molecule has 0 aliphatic heterocycles. The van der Waals surface area contributed by atoms with E-state index in [0.717, 1.165) is 6.42 Å². The highest BCUT2D eigenvalue weighted by atomic mass is 14.6. The van der Waals surface area contributed by atoms with Gasteiger partial charge >= 0.3 is 0 Å². The number of nitrogens with zero attached hydrogens (tertiary/aromatic N) is 1. The lowest BCUT2D eigenvalue weighted by Gasteiger charge is -2.17. The minimum atomic E-state index is 0.420. The molecule has 1 aromatic heterocycles. The van der Waals surface area contributed by atoms with E-state index in [9.17, 15) is 0 Å². The van der Waals surface area contributed by atoms with Gasteiger partial charge in [0.25, 0.3) is 0 Å². The quantitative estimate of drug-likeness (QED) is 0.675. The van der Waals surface area contributed by atoms with E-state index in [0.29, 0.717) is 5.41 Å². The van der Waals surface area contributed by atoms with Crippen molar-refractivity contribution >= 4 is 0 Å². The van der Waals surface area contributed by atoms with Crippen molar-refractivity contribution < 1.29 is 0 Å². The summed E-state index contributed by atoms with van der Waals surface area (Å²) in [7, 11) is 0. The summed E-state index contributed by atoms with van der Waals surface area (Å²) in [6.07, 6.45) is 6.23. The highest BCUT2D eigenvalue weighted by Gasteiger charge is 2.09. The predicted molar refractivity (Wildman–Crippen MR) is 56.8 cm³/mol. The van der Waals surface area contributed by atoms with Crippen molar-refractivity contribution in [3.05, 3.63) is 29.6 Å². The van der Waals surface area contributed by atoms with Crippen LogP contribution in [0.2, 0.25) is 0 Å². The van der Waals surface area contributed by atoms with Crippen molar-refractivity contribution in [3.63, 3.8) is 0 Å². The number of aromatic nitrogens is 1. The van der Waals surface area contributed by atoms with Crippen LogP contribution in [0.25, 0.3) is 0 Å². The highest BCUT2D eigenvalue weighted by molar-refractivity contribution is 5.16. The molecule has 1 rings (SSSR count). The lowest BCUT2D eigenvalue weighted by molar-refractivity contribution is 0.378. The molecule has 0 spiro atoms. The molecule has 0 aliphatic carbocycles. The number of pyridine rings is 1. The summed E-state index contributed by atoms with van der Waals surface area (Å²) in [5.74, 6) is 0. The summed E-state index contributed by atoms with van der Waals surface area (Å²) in [5.41, 5.74) is 3.03. The molecule has 72 valence electrons. The van der Waals surface area contributed by atoms with Gasteiger partial charge < -0.3 is 0 Å². The Morgan fingerprint density at radius 1 is 1.23 bits per heavy atom. The molecular formula is C12H19N. The summed E-state index contributed by atoms with van der Waals surface area (Å²) < 4.78 is 0. The van der Waals surface area contributed by atoms with Gasteiger partial charge in [0.2, 0.25) is 0 Å². The average Bonchev–Trinajstić information content (AvgIpc) is 2.00. The molecule has 0 bridgehead atoms. The molecule has 0 unspecified atom stereocenters. The van der Waals surface area contributed by atoms with Crippen LogP contribution in [-0.4, -0.2) is 4.98 Å². The molecule has 0 saturated carbocycles. The monoisotopic (exact) mass is 177 g/mol. The van der Waals surface area contributed by atoms with E-state index in [-0.39, 0.29) is 0 Å². The molecule has 13 heavy (non-hydrogen) atoms. The zero-order valence-electron chi connectivity index (χ0n) is 9.09. The predicted octanol–water partition coefficient (Wildman–Crippen LogP) is 3.37. The van der Waals surface area contributed by atoms with E-state index >= 15 is 0 Å². The molecule has 1 aromatic rings. The Kier molecular flexibility index (Phi) is 3.07. The van der Waals surface area contributed by atoms with Gasteiger partial charge in [0.15, 0.2) is 0 Å². The van der Waals surface area contributed by atoms with Gasteiger partial charge in [0.1, 0.15) is 0 Å². The van der Waals surface area contributed by atoms with Gasteiger partial charge in [0.05, 0.1) is 0 Å². The Balaban J connectivity index is 2.55. The van der Waals surface area contributed by atoms with E-state index in [1.807, 2.05) is 12.4 Å². The minimum absolute atomic E-state index is 0.420. The van der Waals surface area contributed by atoms with Gasteiger partial charge in [0, 0.05) is 12.4 Å². The first-order chi connectivity index (χ1) is 5.97. The maximum atomic E-state index is 4.18. The van der Waals surface area contributed by atoms with Crippen LogP contribution in [0.15, 0.2) is 18.5 Å². The molecule has 1 heterocycles. The van der Waals surface area contributed by atoms with Gasteiger partial charge in [-0.1, -0.05) is 26.8 Å². The SMILES string of the molecule is Cc1cncc(CCC(C)(C)C)c1. The summed E-state index contributed by atoms with van der Waals surface area (Å²) in [6.45, 7) is 8.91. The summed E-state index contributed by atoms with van der Waals surface area (Å²) in [4.78, 5) is 4.18. The maximum Gasteiger partial charge on any atom is 0.0300 e. The lowest BCUT2D eigenvalue weighted by Crippen LogP contribution is -2.06. The van der Waals surface area contributed by atoms with E-state index in [4.69, 9.17) is 0 Å². The van der Waals surface area contributed by atoms with Crippen LogP contribution in [0.3, 0.4) is 0 Å². The molecule has 0 atom stereocenters. The van der Waals surface area contributed by atoms with Crippen molar-refractivity contribution in [2.45, 2.75) is 40.5 Å². The molecule has 0 fully saturated rings. The van der Waals surface area contributed by atoms with E-state index in [1.54, 1.807) is 0 Å². The topological polar surface area (TPSA) is 12.9 Å². The van der Waals surface area contributed by atoms with Gasteiger partial charge in [-0.05, 0) is 36.3 Å². The zero-order chi connectivity index (χ0) is 9.90. The third-order valence-corrected chi connectivity index (χ3v) is 2.10. The maximum absolute atomic E-state index is 4.18. The number of hydrogen-bond acceptors (Lipinski definition) is 1. The van der Waals surface area contributed by atoms with Gasteiger partial charge in [-0.15, -0.1) is 0 Å². The normalized spacial score (nSPS) is 11.7. The van der Waals surface area contributed by atoms with Crippen molar-refractivity contribution in [2.75, 3.05) is 0 Å². The Labute approximate surface area is 81.2 Å². The molecule has 1 nitrogen and oxygen atoms in total. The summed E-state index contributed by atoms with van der Waals surface area (Å²) >= 11 is 0. The second-order valence-electron chi connectivity index (χ2n) is 4.93. The molecule has 0 saturated heterocycles. The van der Waals surface area contributed by atoms with Gasteiger partial charge in [-0.2, -0.15) is 0 Å². The fraction of sp³-hybridized carbons (Fsp3) is 0.583. The first-order valence-electron chi connectivity index (χ1n) is 4.88. The van der Waals surface area contributed by atoms with Crippen molar-refractivity contribution in [3.8, 4) is 0 Å². The smallest absolute Gasteiger partial charge is 0.0300 e. The molecule has 0 aromatic carbocycles. The molecule has 0 N–H and O–H groups in total. The van der Waals surface area contributed by atoms with Crippen molar-refractivity contribution in [1.82, 2.24) is 4.98 Å². The van der Waals surface area contributed by atoms with Gasteiger partial charge in [-0.3, -0.25) is 4.98 Å². The summed E-state index contributed by atoms with van der Waals surface area (Å²) in [6, 6.07) is 2.22. The van der Waals surface area contributed by atoms with Crippen LogP contribution >= 0.6 is 0 Å². The third kappa shape index (κ3) is 4.07. The fourth-order valence-corrected chi connectivity index (χ4v) is 1.27. The average molecular weight is 177 g/mol. The Morgan fingerprint density at radius 3 is 2.46 bits per heavy atom. The Bertz CT molecular complexity index is 271.